The maximum atomic E-state index is 12.3. The average molecular weight is 394 g/mol. The summed E-state index contributed by atoms with van der Waals surface area (Å²) in [4.78, 5) is 26.9. The first-order valence-corrected chi connectivity index (χ1v) is 10.5. The Balaban J connectivity index is 1.43. The number of para-hydroxylation sites is 1. The van der Waals surface area contributed by atoms with Crippen LogP contribution in [0.4, 0.5) is 5.69 Å². The van der Waals surface area contributed by atoms with E-state index in [1.807, 2.05) is 24.3 Å². The van der Waals surface area contributed by atoms with Gasteiger partial charge in [0.1, 0.15) is 0 Å². The Hall–Kier alpha value is -2.66. The molecule has 0 unspecified atom stereocenters. The van der Waals surface area contributed by atoms with E-state index in [1.165, 1.54) is 5.56 Å². The van der Waals surface area contributed by atoms with Crippen molar-refractivity contribution in [3.8, 4) is 0 Å². The van der Waals surface area contributed by atoms with Gasteiger partial charge in [-0.25, -0.2) is 0 Å². The van der Waals surface area contributed by atoms with Crippen LogP contribution in [0.25, 0.3) is 0 Å². The highest BCUT2D eigenvalue weighted by Gasteiger charge is 2.26. The highest BCUT2D eigenvalue weighted by Crippen LogP contribution is 2.27. The molecule has 0 spiro atoms. The van der Waals surface area contributed by atoms with Gasteiger partial charge in [0, 0.05) is 31.1 Å². The first kappa shape index (κ1) is 21.1. The molecule has 29 heavy (non-hydrogen) atoms. The molecule has 0 radical (unpaired) electrons. The lowest BCUT2D eigenvalue weighted by Gasteiger charge is -2.24. The van der Waals surface area contributed by atoms with E-state index in [9.17, 15) is 9.59 Å². The summed E-state index contributed by atoms with van der Waals surface area (Å²) in [6.45, 7) is 7.89. The summed E-state index contributed by atoms with van der Waals surface area (Å²) in [7, 11) is 0. The van der Waals surface area contributed by atoms with Gasteiger partial charge in [-0.15, -0.1) is 0 Å². The summed E-state index contributed by atoms with van der Waals surface area (Å²) in [5, 5.41) is 5.92. The standard InChI is InChI=1S/C24H31N3O2/c1-3-27(4-2)17-19-11-9-18(10-12-19)16-25-23(28)14-13-21-15-20-7-5-6-8-22(20)26-24(21)29/h5-12,21H,3-4,13-17H2,1-2H3,(H,25,28)(H,26,29)/t21-/m0/s1. The molecule has 0 aliphatic carbocycles. The van der Waals surface area contributed by atoms with Gasteiger partial charge in [0.05, 0.1) is 0 Å². The third kappa shape index (κ3) is 5.91. The summed E-state index contributed by atoms with van der Waals surface area (Å²) < 4.78 is 0. The van der Waals surface area contributed by atoms with Gasteiger partial charge in [0.2, 0.25) is 11.8 Å². The zero-order chi connectivity index (χ0) is 20.6. The summed E-state index contributed by atoms with van der Waals surface area (Å²) in [6, 6.07) is 16.3. The predicted molar refractivity (Wildman–Crippen MR) is 116 cm³/mol. The van der Waals surface area contributed by atoms with Crippen molar-refractivity contribution in [2.24, 2.45) is 5.92 Å². The molecule has 3 rings (SSSR count). The van der Waals surface area contributed by atoms with Crippen molar-refractivity contribution in [2.45, 2.75) is 46.2 Å². The third-order valence-electron chi connectivity index (χ3n) is 5.65. The van der Waals surface area contributed by atoms with Crippen molar-refractivity contribution in [3.05, 3.63) is 65.2 Å². The molecular formula is C24H31N3O2. The van der Waals surface area contributed by atoms with Crippen molar-refractivity contribution in [3.63, 3.8) is 0 Å². The van der Waals surface area contributed by atoms with Gasteiger partial charge in [0.15, 0.2) is 0 Å². The van der Waals surface area contributed by atoms with E-state index in [-0.39, 0.29) is 17.7 Å². The zero-order valence-electron chi connectivity index (χ0n) is 17.4. The smallest absolute Gasteiger partial charge is 0.227 e. The van der Waals surface area contributed by atoms with Crippen molar-refractivity contribution < 1.29 is 9.59 Å². The van der Waals surface area contributed by atoms with Gasteiger partial charge >= 0.3 is 0 Å². The van der Waals surface area contributed by atoms with Crippen LogP contribution in [0.2, 0.25) is 0 Å². The highest BCUT2D eigenvalue weighted by molar-refractivity contribution is 5.96. The molecule has 2 N–H and O–H groups in total. The van der Waals surface area contributed by atoms with Crippen LogP contribution in [0.15, 0.2) is 48.5 Å². The molecule has 0 aromatic heterocycles. The summed E-state index contributed by atoms with van der Waals surface area (Å²) in [6.07, 6.45) is 1.62. The number of fused-ring (bicyclic) bond motifs is 1. The van der Waals surface area contributed by atoms with E-state index >= 15 is 0 Å². The number of amides is 2. The Labute approximate surface area is 173 Å². The molecule has 0 saturated heterocycles. The van der Waals surface area contributed by atoms with Crippen LogP contribution in [0, 0.1) is 5.92 Å². The van der Waals surface area contributed by atoms with Crippen LogP contribution < -0.4 is 10.6 Å². The summed E-state index contributed by atoms with van der Waals surface area (Å²) in [5.41, 5.74) is 4.41. The first-order chi connectivity index (χ1) is 14.1. The van der Waals surface area contributed by atoms with Gasteiger partial charge in [-0.1, -0.05) is 56.3 Å². The molecule has 2 aromatic carbocycles. The van der Waals surface area contributed by atoms with E-state index in [2.05, 4.69) is 53.6 Å². The fourth-order valence-corrected chi connectivity index (χ4v) is 3.71. The number of hydrogen-bond acceptors (Lipinski definition) is 3. The normalized spacial score (nSPS) is 15.7. The van der Waals surface area contributed by atoms with Crippen LogP contribution in [-0.2, 0) is 29.1 Å². The largest absolute Gasteiger partial charge is 0.352 e. The quantitative estimate of drug-likeness (QED) is 0.682. The lowest BCUT2D eigenvalue weighted by molar-refractivity contribution is -0.122. The van der Waals surface area contributed by atoms with E-state index in [0.29, 0.717) is 25.8 Å². The molecule has 1 heterocycles. The van der Waals surface area contributed by atoms with Crippen molar-refractivity contribution >= 4 is 17.5 Å². The van der Waals surface area contributed by atoms with E-state index in [4.69, 9.17) is 0 Å². The lowest BCUT2D eigenvalue weighted by Crippen LogP contribution is -2.31. The minimum Gasteiger partial charge on any atom is -0.352 e. The second-order valence-corrected chi connectivity index (χ2v) is 7.64. The molecule has 1 atom stereocenters. The van der Waals surface area contributed by atoms with Gasteiger partial charge in [-0.2, -0.15) is 0 Å². The minimum atomic E-state index is -0.144. The fourth-order valence-electron chi connectivity index (χ4n) is 3.71. The Morgan fingerprint density at radius 2 is 1.76 bits per heavy atom. The second kappa shape index (κ2) is 10.2. The lowest BCUT2D eigenvalue weighted by atomic mass is 9.89. The van der Waals surface area contributed by atoms with Crippen molar-refractivity contribution in [2.75, 3.05) is 18.4 Å². The molecule has 1 aliphatic rings. The van der Waals surface area contributed by atoms with Crippen LogP contribution in [0.3, 0.4) is 0 Å². The average Bonchev–Trinajstić information content (AvgIpc) is 2.75. The number of carbonyl (C=O) groups is 2. The Morgan fingerprint density at radius 1 is 1.07 bits per heavy atom. The molecule has 5 nitrogen and oxygen atoms in total. The van der Waals surface area contributed by atoms with Gasteiger partial charge in [0.25, 0.3) is 0 Å². The van der Waals surface area contributed by atoms with Crippen LogP contribution in [-0.4, -0.2) is 29.8 Å². The Kier molecular flexibility index (Phi) is 7.42. The van der Waals surface area contributed by atoms with E-state index < -0.39 is 0 Å². The fraction of sp³-hybridized carbons (Fsp3) is 0.417. The third-order valence-corrected chi connectivity index (χ3v) is 5.65. The predicted octanol–water partition coefficient (Wildman–Crippen LogP) is 3.74. The molecule has 0 saturated carbocycles. The van der Waals surface area contributed by atoms with Crippen molar-refractivity contribution in [1.82, 2.24) is 10.2 Å². The SMILES string of the molecule is CCN(CC)Cc1ccc(CNC(=O)CC[C@H]2Cc3ccccc3NC2=O)cc1. The van der Waals surface area contributed by atoms with Crippen molar-refractivity contribution in [1.29, 1.82) is 0 Å². The van der Waals surface area contributed by atoms with Crippen LogP contribution in [0.5, 0.6) is 0 Å². The topological polar surface area (TPSA) is 61.4 Å². The summed E-state index contributed by atoms with van der Waals surface area (Å²) >= 11 is 0. The van der Waals surface area contributed by atoms with Crippen LogP contribution in [0.1, 0.15) is 43.4 Å². The number of nitrogens with one attached hydrogen (secondary N) is 2. The molecule has 2 amide bonds. The minimum absolute atomic E-state index is 0.0103. The molecule has 0 fully saturated rings. The molecular weight excluding hydrogens is 362 g/mol. The number of hydrogen-bond donors (Lipinski definition) is 2. The first-order valence-electron chi connectivity index (χ1n) is 10.5. The van der Waals surface area contributed by atoms with Gasteiger partial charge in [-0.3, -0.25) is 14.5 Å². The second-order valence-electron chi connectivity index (χ2n) is 7.64. The Morgan fingerprint density at radius 3 is 2.48 bits per heavy atom. The number of anilines is 1. The Bertz CT molecular complexity index is 828. The molecule has 2 aromatic rings. The van der Waals surface area contributed by atoms with E-state index in [1.54, 1.807) is 0 Å². The van der Waals surface area contributed by atoms with E-state index in [0.717, 1.165) is 36.4 Å². The number of rotatable bonds is 9. The van der Waals surface area contributed by atoms with Gasteiger partial charge in [-0.05, 0) is 48.7 Å². The number of benzene rings is 2. The molecule has 5 heteroatoms. The monoisotopic (exact) mass is 393 g/mol. The maximum absolute atomic E-state index is 12.3. The molecule has 0 bridgehead atoms. The molecule has 1 aliphatic heterocycles. The maximum Gasteiger partial charge on any atom is 0.227 e. The summed E-state index contributed by atoms with van der Waals surface area (Å²) in [5.74, 6) is -0.140. The number of carbonyl (C=O) groups excluding carboxylic acids is 2. The van der Waals surface area contributed by atoms with Gasteiger partial charge < -0.3 is 10.6 Å². The number of nitrogens with zero attached hydrogens (tertiary/aromatic N) is 1. The highest BCUT2D eigenvalue weighted by atomic mass is 16.2. The van der Waals surface area contributed by atoms with Crippen LogP contribution >= 0.6 is 0 Å². The zero-order valence-corrected chi connectivity index (χ0v) is 17.4. The molecule has 154 valence electrons.